The molecular weight excluding hydrogens is 392 g/mol. The number of benzene rings is 2. The number of amides is 2. The van der Waals surface area contributed by atoms with Crippen molar-refractivity contribution < 1.29 is 19.1 Å². The fraction of sp³-hybridized carbons (Fsp3) is 0.440. The maximum absolute atomic E-state index is 13.0. The van der Waals surface area contributed by atoms with Crippen LogP contribution in [0.5, 0.6) is 11.5 Å². The van der Waals surface area contributed by atoms with E-state index >= 15 is 0 Å². The molecule has 0 N–H and O–H groups in total. The normalized spacial score (nSPS) is 20.3. The summed E-state index contributed by atoms with van der Waals surface area (Å²) in [4.78, 5) is 29.6. The number of hydrogen-bond acceptors (Lipinski definition) is 4. The largest absolute Gasteiger partial charge is 0.490 e. The van der Waals surface area contributed by atoms with Crippen molar-refractivity contribution in [3.63, 3.8) is 0 Å². The highest BCUT2D eigenvalue weighted by Crippen LogP contribution is 2.48. The van der Waals surface area contributed by atoms with Gasteiger partial charge < -0.3 is 19.3 Å². The van der Waals surface area contributed by atoms with E-state index in [4.69, 9.17) is 9.47 Å². The van der Waals surface area contributed by atoms with Crippen LogP contribution in [0.15, 0.2) is 48.5 Å². The Bertz CT molecular complexity index is 922. The fourth-order valence-corrected chi connectivity index (χ4v) is 4.27. The van der Waals surface area contributed by atoms with E-state index in [1.54, 1.807) is 18.2 Å². The molecule has 0 bridgehead atoms. The van der Waals surface area contributed by atoms with Crippen molar-refractivity contribution >= 4 is 11.8 Å². The molecular formula is C25H30N2O4. The lowest BCUT2D eigenvalue weighted by molar-refractivity contribution is -0.134. The van der Waals surface area contributed by atoms with Crippen LogP contribution in [0.4, 0.5) is 0 Å². The third-order valence-corrected chi connectivity index (χ3v) is 6.00. The van der Waals surface area contributed by atoms with E-state index < -0.39 is 0 Å². The molecule has 2 amide bonds. The molecule has 1 saturated carbocycles. The summed E-state index contributed by atoms with van der Waals surface area (Å²) < 4.78 is 11.2. The van der Waals surface area contributed by atoms with Gasteiger partial charge in [0.05, 0.1) is 13.2 Å². The number of hydrogen-bond donors (Lipinski definition) is 0. The molecule has 31 heavy (non-hydrogen) atoms. The van der Waals surface area contributed by atoms with Crippen LogP contribution in [0, 0.1) is 5.92 Å². The monoisotopic (exact) mass is 422 g/mol. The molecule has 164 valence electrons. The number of piperazine rings is 1. The first-order chi connectivity index (χ1) is 15.1. The van der Waals surface area contributed by atoms with Crippen LogP contribution < -0.4 is 9.47 Å². The van der Waals surface area contributed by atoms with Crippen LogP contribution in [-0.4, -0.2) is 61.0 Å². The summed E-state index contributed by atoms with van der Waals surface area (Å²) in [7, 11) is 0. The smallest absolute Gasteiger partial charge is 0.254 e. The number of ether oxygens (including phenoxy) is 2. The van der Waals surface area contributed by atoms with Crippen LogP contribution in [0.1, 0.15) is 42.1 Å². The molecule has 2 aromatic rings. The summed E-state index contributed by atoms with van der Waals surface area (Å²) in [5.74, 6) is 1.85. The zero-order chi connectivity index (χ0) is 21.8. The Morgan fingerprint density at radius 2 is 1.52 bits per heavy atom. The number of rotatable bonds is 7. The molecule has 2 fully saturated rings. The van der Waals surface area contributed by atoms with E-state index in [1.807, 2.05) is 41.8 Å². The molecule has 1 saturated heterocycles. The fourth-order valence-electron chi connectivity index (χ4n) is 4.27. The first-order valence-electron chi connectivity index (χ1n) is 11.1. The zero-order valence-corrected chi connectivity index (χ0v) is 18.3. The van der Waals surface area contributed by atoms with Gasteiger partial charge in [-0.3, -0.25) is 9.59 Å². The topological polar surface area (TPSA) is 59.1 Å². The third kappa shape index (κ3) is 4.68. The maximum Gasteiger partial charge on any atom is 0.254 e. The standard InChI is InChI=1S/C25H30N2O4/c1-3-30-22-11-10-19(16-23(22)31-4-2)24(28)26-12-14-27(15-13-26)25(29)21-17-20(21)18-8-6-5-7-9-18/h5-11,16,20-21H,3-4,12-15,17H2,1-2H3. The number of nitrogens with zero attached hydrogens (tertiary/aromatic N) is 2. The van der Waals surface area contributed by atoms with E-state index in [1.165, 1.54) is 5.56 Å². The van der Waals surface area contributed by atoms with Gasteiger partial charge in [0.1, 0.15) is 0 Å². The predicted molar refractivity (Wildman–Crippen MR) is 119 cm³/mol. The van der Waals surface area contributed by atoms with E-state index in [-0.39, 0.29) is 17.7 Å². The lowest BCUT2D eigenvalue weighted by atomic mass is 10.1. The lowest BCUT2D eigenvalue weighted by Crippen LogP contribution is -2.51. The summed E-state index contributed by atoms with van der Waals surface area (Å²) in [5.41, 5.74) is 1.83. The summed E-state index contributed by atoms with van der Waals surface area (Å²) in [6.07, 6.45) is 0.925. The highest BCUT2D eigenvalue weighted by molar-refractivity contribution is 5.95. The second kappa shape index (κ2) is 9.41. The van der Waals surface area contributed by atoms with Crippen molar-refractivity contribution in [1.29, 1.82) is 0 Å². The highest BCUT2D eigenvalue weighted by atomic mass is 16.5. The van der Waals surface area contributed by atoms with Crippen molar-refractivity contribution in [2.45, 2.75) is 26.2 Å². The van der Waals surface area contributed by atoms with Gasteiger partial charge >= 0.3 is 0 Å². The summed E-state index contributed by atoms with van der Waals surface area (Å²) in [5, 5.41) is 0. The Hall–Kier alpha value is -3.02. The van der Waals surface area contributed by atoms with Crippen molar-refractivity contribution in [1.82, 2.24) is 9.80 Å². The molecule has 2 aliphatic rings. The molecule has 1 aliphatic heterocycles. The quantitative estimate of drug-likeness (QED) is 0.685. The Morgan fingerprint density at radius 3 is 2.19 bits per heavy atom. The minimum absolute atomic E-state index is 0.0373. The SMILES string of the molecule is CCOc1ccc(C(=O)N2CCN(C(=O)C3CC3c3ccccc3)CC2)cc1OCC. The summed E-state index contributed by atoms with van der Waals surface area (Å²) >= 11 is 0. The van der Waals surface area contributed by atoms with Crippen LogP contribution >= 0.6 is 0 Å². The first-order valence-corrected chi connectivity index (χ1v) is 11.1. The molecule has 1 aliphatic carbocycles. The Balaban J connectivity index is 1.34. The van der Waals surface area contributed by atoms with Crippen molar-refractivity contribution in [2.75, 3.05) is 39.4 Å². The Kier molecular flexibility index (Phi) is 6.44. The van der Waals surface area contributed by atoms with Crippen LogP contribution in [-0.2, 0) is 4.79 Å². The van der Waals surface area contributed by atoms with Gasteiger partial charge in [-0.25, -0.2) is 0 Å². The van der Waals surface area contributed by atoms with Gasteiger partial charge in [-0.05, 0) is 49.9 Å². The van der Waals surface area contributed by atoms with E-state index in [0.29, 0.717) is 62.4 Å². The Labute approximate surface area is 183 Å². The molecule has 1 heterocycles. The zero-order valence-electron chi connectivity index (χ0n) is 18.3. The molecule has 2 aromatic carbocycles. The predicted octanol–water partition coefficient (Wildman–Crippen LogP) is 3.57. The van der Waals surface area contributed by atoms with Crippen molar-refractivity contribution in [3.8, 4) is 11.5 Å². The molecule has 6 heteroatoms. The molecule has 0 spiro atoms. The van der Waals surface area contributed by atoms with Gasteiger partial charge in [0.25, 0.3) is 5.91 Å². The average Bonchev–Trinajstić information content (AvgIpc) is 3.61. The third-order valence-electron chi connectivity index (χ3n) is 6.00. The minimum atomic E-state index is -0.0373. The summed E-state index contributed by atoms with van der Waals surface area (Å²) in [6.45, 7) is 7.12. The minimum Gasteiger partial charge on any atom is -0.490 e. The van der Waals surface area contributed by atoms with Gasteiger partial charge in [-0.2, -0.15) is 0 Å². The van der Waals surface area contributed by atoms with Gasteiger partial charge in [-0.15, -0.1) is 0 Å². The van der Waals surface area contributed by atoms with Gasteiger partial charge in [-0.1, -0.05) is 30.3 Å². The van der Waals surface area contributed by atoms with Crippen molar-refractivity contribution in [3.05, 3.63) is 59.7 Å². The second-order valence-corrected chi connectivity index (χ2v) is 8.00. The second-order valence-electron chi connectivity index (χ2n) is 8.00. The Morgan fingerprint density at radius 1 is 0.871 bits per heavy atom. The number of carbonyl (C=O) groups is 2. The van der Waals surface area contributed by atoms with Crippen LogP contribution in [0.3, 0.4) is 0 Å². The molecule has 6 nitrogen and oxygen atoms in total. The van der Waals surface area contributed by atoms with E-state index in [0.717, 1.165) is 6.42 Å². The molecule has 0 aromatic heterocycles. The molecule has 2 unspecified atom stereocenters. The highest BCUT2D eigenvalue weighted by Gasteiger charge is 2.46. The molecule has 0 radical (unpaired) electrons. The average molecular weight is 423 g/mol. The van der Waals surface area contributed by atoms with Crippen molar-refractivity contribution in [2.24, 2.45) is 5.92 Å². The van der Waals surface area contributed by atoms with Gasteiger partial charge in [0, 0.05) is 37.7 Å². The maximum atomic E-state index is 13.0. The molecule has 4 rings (SSSR count). The van der Waals surface area contributed by atoms with Gasteiger partial charge in [0.15, 0.2) is 11.5 Å². The van der Waals surface area contributed by atoms with Crippen LogP contribution in [0.25, 0.3) is 0 Å². The van der Waals surface area contributed by atoms with E-state index in [2.05, 4.69) is 12.1 Å². The number of carbonyl (C=O) groups excluding carboxylic acids is 2. The first kappa shape index (κ1) is 21.2. The lowest BCUT2D eigenvalue weighted by Gasteiger charge is -2.35. The molecule has 2 atom stereocenters. The van der Waals surface area contributed by atoms with E-state index in [9.17, 15) is 9.59 Å². The summed E-state index contributed by atoms with van der Waals surface area (Å²) in [6, 6.07) is 15.6. The van der Waals surface area contributed by atoms with Crippen LogP contribution in [0.2, 0.25) is 0 Å². The van der Waals surface area contributed by atoms with Gasteiger partial charge in [0.2, 0.25) is 5.91 Å².